The maximum Gasteiger partial charge on any atom is 0.501 e. The summed E-state index contributed by atoms with van der Waals surface area (Å²) >= 11 is 0. The van der Waals surface area contributed by atoms with Crippen molar-refractivity contribution in [3.8, 4) is 28.7 Å². The number of aliphatic hydroxyl groups is 4. The van der Waals surface area contributed by atoms with Gasteiger partial charge in [0.25, 0.3) is 11.8 Å². The number of aliphatic hydroxyl groups excluding tert-OH is 4. The fourth-order valence-corrected chi connectivity index (χ4v) is 6.10. The van der Waals surface area contributed by atoms with E-state index in [9.17, 15) is 38.4 Å². The summed E-state index contributed by atoms with van der Waals surface area (Å²) in [6.07, 6.45) is -8.21. The Balaban J connectivity index is 1.27. The second-order valence-electron chi connectivity index (χ2n) is 11.6. The van der Waals surface area contributed by atoms with Gasteiger partial charge in [0.15, 0.2) is 17.2 Å². The minimum absolute atomic E-state index is 0.0381. The van der Waals surface area contributed by atoms with Gasteiger partial charge in [-0.05, 0) is 41.8 Å². The quantitative estimate of drug-likeness (QED) is 0.0392. The van der Waals surface area contributed by atoms with Crippen molar-refractivity contribution in [3.05, 3.63) is 51.4 Å². The molecule has 0 spiro atoms. The van der Waals surface area contributed by atoms with Gasteiger partial charge in [0.05, 0.1) is 51.8 Å². The Labute approximate surface area is 307 Å². The summed E-state index contributed by atoms with van der Waals surface area (Å²) in [6, 6.07) is 4.87. The molecule has 0 saturated carbocycles. The minimum Gasteiger partial charge on any atom is -0.458 e. The molecule has 1 saturated heterocycles. The molecular formula is C31H39N5O17S. The summed E-state index contributed by atoms with van der Waals surface area (Å²) in [4.78, 5) is 28.5. The molecule has 3 aliphatic heterocycles. The first-order valence-corrected chi connectivity index (χ1v) is 17.9. The summed E-state index contributed by atoms with van der Waals surface area (Å²) in [6.45, 7) is 0.916. The van der Waals surface area contributed by atoms with Crippen molar-refractivity contribution in [2.45, 2.75) is 37.1 Å². The third kappa shape index (κ3) is 10.3. The van der Waals surface area contributed by atoms with E-state index in [4.69, 9.17) is 47.1 Å². The largest absolute Gasteiger partial charge is 0.501 e. The fourth-order valence-electron chi connectivity index (χ4n) is 5.35. The molecule has 0 radical (unpaired) electrons. The van der Waals surface area contributed by atoms with Crippen LogP contribution >= 0.6 is 0 Å². The van der Waals surface area contributed by atoms with E-state index in [0.29, 0.717) is 25.2 Å². The molecule has 6 N–H and O–H groups in total. The molecular weight excluding hydrogens is 746 g/mol. The van der Waals surface area contributed by atoms with Crippen LogP contribution in [0.1, 0.15) is 26.3 Å². The van der Waals surface area contributed by atoms with E-state index in [1.165, 1.54) is 6.07 Å². The van der Waals surface area contributed by atoms with Gasteiger partial charge in [-0.2, -0.15) is 0 Å². The highest BCUT2D eigenvalue weighted by Gasteiger charge is 2.45. The first-order valence-electron chi connectivity index (χ1n) is 16.5. The average Bonchev–Trinajstić information content (AvgIpc) is 3.63. The molecule has 0 aromatic heterocycles. The third-order valence-corrected chi connectivity index (χ3v) is 8.71. The Kier molecular flexibility index (Phi) is 14.3. The summed E-state index contributed by atoms with van der Waals surface area (Å²) in [5, 5.41) is 49.0. The van der Waals surface area contributed by atoms with Gasteiger partial charge in [-0.3, -0.25) is 9.59 Å². The smallest absolute Gasteiger partial charge is 0.458 e. The molecule has 54 heavy (non-hydrogen) atoms. The van der Waals surface area contributed by atoms with E-state index in [-0.39, 0.29) is 75.5 Å². The normalized spacial score (nSPS) is 21.7. The van der Waals surface area contributed by atoms with Crippen molar-refractivity contribution in [3.63, 3.8) is 0 Å². The van der Waals surface area contributed by atoms with Gasteiger partial charge < -0.3 is 72.6 Å². The highest BCUT2D eigenvalue weighted by molar-refractivity contribution is 7.82. The molecule has 5 rings (SSSR count). The summed E-state index contributed by atoms with van der Waals surface area (Å²) < 4.78 is 75.4. The summed E-state index contributed by atoms with van der Waals surface area (Å²) in [5.41, 5.74) is 8.40. The minimum atomic E-state index is -5.18. The number of benzene rings is 2. The molecule has 0 unspecified atom stereocenters. The molecule has 22 nitrogen and oxygen atoms in total. The number of nitrogens with zero attached hydrogens (tertiary/aromatic N) is 3. The van der Waals surface area contributed by atoms with Gasteiger partial charge in [-0.25, -0.2) is 0 Å². The van der Waals surface area contributed by atoms with Crippen LogP contribution in [0, 0.1) is 0 Å². The molecule has 2 amide bonds. The molecule has 1 fully saturated rings. The predicted octanol–water partition coefficient (Wildman–Crippen LogP) is -1.33. The number of nitrogens with one attached hydrogen (secondary N) is 2. The molecule has 0 aliphatic carbocycles. The SMILES string of the molecule is [N-]=[N+]=NCCOCCOCCOCCNC(=O)c1ccc(O[C@@H]2O[C@H](CO)[C@H](O)[C@H](O)[C@H]2O)c(OS(=O)(=O)Oc2c3c(cc4c2C(=O)NCC4)OCO3)c1. The van der Waals surface area contributed by atoms with E-state index < -0.39 is 76.8 Å². The Bertz CT molecular complexity index is 1790. The Morgan fingerprint density at radius 2 is 1.72 bits per heavy atom. The van der Waals surface area contributed by atoms with Crippen LogP contribution in [0.2, 0.25) is 0 Å². The molecule has 5 atom stereocenters. The van der Waals surface area contributed by atoms with E-state index in [2.05, 4.69) is 20.7 Å². The lowest BCUT2D eigenvalue weighted by Crippen LogP contribution is -2.60. The standard InChI is InChI=1S/C31H39N5O17S/c32-36-35-6-8-46-10-12-47-11-9-45-7-5-34-29(41)18-1-2-19(50-31-26(40)25(39)24(38)22(15-37)51-31)20(14-18)52-54(43,44)53-28-23-17(3-4-33-30(23)42)13-21-27(28)49-16-48-21/h1-2,13-14,22,24-26,31,37-40H,3-12,15-16H2,(H,33,42)(H,34,41)/t22-,24+,25+,26-,31-/m1/s1. The van der Waals surface area contributed by atoms with Gasteiger partial charge in [0, 0.05) is 30.1 Å². The van der Waals surface area contributed by atoms with Crippen LogP contribution < -0.4 is 33.2 Å². The van der Waals surface area contributed by atoms with Crippen molar-refractivity contribution < 1.29 is 80.0 Å². The van der Waals surface area contributed by atoms with E-state index in [1.807, 2.05) is 0 Å². The lowest BCUT2D eigenvalue weighted by Gasteiger charge is -2.39. The van der Waals surface area contributed by atoms with Crippen LogP contribution in [0.5, 0.6) is 28.7 Å². The van der Waals surface area contributed by atoms with Gasteiger partial charge >= 0.3 is 10.4 Å². The monoisotopic (exact) mass is 785 g/mol. The van der Waals surface area contributed by atoms with Crippen LogP contribution in [0.4, 0.5) is 0 Å². The van der Waals surface area contributed by atoms with Gasteiger partial charge in [-0.15, -0.1) is 8.42 Å². The molecule has 296 valence electrons. The van der Waals surface area contributed by atoms with Gasteiger partial charge in [0.1, 0.15) is 24.4 Å². The maximum absolute atomic E-state index is 13.5. The highest BCUT2D eigenvalue weighted by atomic mass is 32.3. The fraction of sp³-hybridized carbons (Fsp3) is 0.548. The number of ether oxygens (including phenoxy) is 7. The van der Waals surface area contributed by atoms with Crippen molar-refractivity contribution in [1.29, 1.82) is 0 Å². The maximum atomic E-state index is 13.5. The number of rotatable bonds is 20. The second kappa shape index (κ2) is 19.1. The van der Waals surface area contributed by atoms with Crippen molar-refractivity contribution >= 4 is 22.2 Å². The number of fused-ring (bicyclic) bond motifs is 2. The number of carbonyl (C=O) groups excluding carboxylic acids is 2. The van der Waals surface area contributed by atoms with E-state index >= 15 is 0 Å². The van der Waals surface area contributed by atoms with Crippen LogP contribution in [0.15, 0.2) is 29.4 Å². The lowest BCUT2D eigenvalue weighted by atomic mass is 9.98. The van der Waals surface area contributed by atoms with Crippen molar-refractivity contribution in [2.75, 3.05) is 72.7 Å². The Morgan fingerprint density at radius 1 is 0.981 bits per heavy atom. The van der Waals surface area contributed by atoms with Gasteiger partial charge in [-0.1, -0.05) is 5.11 Å². The zero-order valence-corrected chi connectivity index (χ0v) is 29.3. The predicted molar refractivity (Wildman–Crippen MR) is 178 cm³/mol. The van der Waals surface area contributed by atoms with Crippen molar-refractivity contribution in [1.82, 2.24) is 10.6 Å². The van der Waals surface area contributed by atoms with E-state index in [1.54, 1.807) is 6.07 Å². The molecule has 3 heterocycles. The average molecular weight is 786 g/mol. The number of hydrogen-bond acceptors (Lipinski definition) is 18. The highest BCUT2D eigenvalue weighted by Crippen LogP contribution is 2.47. The van der Waals surface area contributed by atoms with Crippen molar-refractivity contribution in [2.24, 2.45) is 5.11 Å². The number of amides is 2. The van der Waals surface area contributed by atoms with Crippen LogP contribution in [0.3, 0.4) is 0 Å². The number of hydrogen-bond donors (Lipinski definition) is 6. The molecule has 0 bridgehead atoms. The first-order chi connectivity index (χ1) is 26.0. The van der Waals surface area contributed by atoms with Crippen LogP contribution in [-0.2, 0) is 35.8 Å². The summed E-state index contributed by atoms with van der Waals surface area (Å²) in [7, 11) is -5.18. The van der Waals surface area contributed by atoms with Crippen LogP contribution in [-0.4, -0.2) is 144 Å². The third-order valence-electron chi connectivity index (χ3n) is 7.96. The molecule has 23 heteroatoms. The molecule has 3 aliphatic rings. The Hall–Kier alpha value is -4.68. The zero-order chi connectivity index (χ0) is 38.7. The van der Waals surface area contributed by atoms with E-state index in [0.717, 1.165) is 12.1 Å². The zero-order valence-electron chi connectivity index (χ0n) is 28.5. The lowest BCUT2D eigenvalue weighted by molar-refractivity contribution is -0.277. The first kappa shape index (κ1) is 40.5. The Morgan fingerprint density at radius 3 is 2.46 bits per heavy atom. The second-order valence-corrected chi connectivity index (χ2v) is 12.7. The van der Waals surface area contributed by atoms with Gasteiger partial charge in [0.2, 0.25) is 24.6 Å². The summed E-state index contributed by atoms with van der Waals surface area (Å²) in [5.74, 6) is -2.93. The number of carbonyl (C=O) groups is 2. The molecule has 2 aromatic carbocycles. The topological polar surface area (TPSA) is 305 Å². The van der Waals surface area contributed by atoms with Crippen LogP contribution in [0.25, 0.3) is 10.4 Å². The number of azide groups is 1. The molecule has 2 aromatic rings.